The Labute approximate surface area is 122 Å². The molecule has 7 heteroatoms. The second-order valence-corrected chi connectivity index (χ2v) is 4.32. The summed E-state index contributed by atoms with van der Waals surface area (Å²) in [5.74, 6) is -1.55. The molecule has 1 atom stereocenters. The third-order valence-corrected chi connectivity index (χ3v) is 2.72. The normalized spacial score (nSPS) is 11.3. The highest BCUT2D eigenvalue weighted by molar-refractivity contribution is 5.84. The summed E-state index contributed by atoms with van der Waals surface area (Å²) in [6.45, 7) is 0.0795. The van der Waals surface area contributed by atoms with E-state index in [2.05, 4.69) is 15.4 Å². The number of ether oxygens (including phenoxy) is 1. The first-order chi connectivity index (χ1) is 10.0. The second-order valence-electron chi connectivity index (χ2n) is 4.32. The van der Waals surface area contributed by atoms with Gasteiger partial charge in [-0.2, -0.15) is 0 Å². The van der Waals surface area contributed by atoms with Gasteiger partial charge < -0.3 is 20.5 Å². The molecule has 0 bridgehead atoms. The van der Waals surface area contributed by atoms with E-state index in [1.54, 1.807) is 24.3 Å². The van der Waals surface area contributed by atoms with Crippen LogP contribution in [0.3, 0.4) is 0 Å². The molecule has 0 aliphatic heterocycles. The van der Waals surface area contributed by atoms with Crippen molar-refractivity contribution in [3.8, 4) is 0 Å². The van der Waals surface area contributed by atoms with Crippen molar-refractivity contribution < 1.29 is 24.2 Å². The maximum Gasteiger partial charge on any atom is 0.406 e. The summed E-state index contributed by atoms with van der Waals surface area (Å²) in [6.07, 6.45) is -0.457. The number of carbonyl (C=O) groups is 3. The monoisotopic (exact) mass is 294 g/mol. The average Bonchev–Trinajstić information content (AvgIpc) is 2.47. The van der Waals surface area contributed by atoms with E-state index in [1.807, 2.05) is 6.07 Å². The summed E-state index contributed by atoms with van der Waals surface area (Å²) >= 11 is 0. The highest BCUT2D eigenvalue weighted by atomic mass is 16.5. The number of amides is 2. The predicted octanol–water partition coefficient (Wildman–Crippen LogP) is 0.545. The number of carbonyl (C=O) groups excluding carboxylic acids is 2. The first-order valence-electron chi connectivity index (χ1n) is 6.41. The van der Waals surface area contributed by atoms with Crippen molar-refractivity contribution in [2.45, 2.75) is 18.9 Å². The van der Waals surface area contributed by atoms with Gasteiger partial charge in [-0.3, -0.25) is 4.79 Å². The molecule has 0 heterocycles. The smallest absolute Gasteiger partial charge is 0.406 e. The van der Waals surface area contributed by atoms with E-state index in [0.717, 1.165) is 5.56 Å². The molecule has 1 aromatic rings. The lowest BCUT2D eigenvalue weighted by molar-refractivity contribution is -0.141. The van der Waals surface area contributed by atoms with Crippen molar-refractivity contribution >= 4 is 18.0 Å². The molecule has 0 aliphatic rings. The molecule has 2 amide bonds. The Morgan fingerprint density at radius 1 is 1.24 bits per heavy atom. The number of hydrogen-bond donors (Lipinski definition) is 3. The van der Waals surface area contributed by atoms with Crippen LogP contribution in [0.1, 0.15) is 12.0 Å². The third-order valence-electron chi connectivity index (χ3n) is 2.72. The molecule has 1 unspecified atom stereocenters. The molecular formula is C14H18N2O5. The van der Waals surface area contributed by atoms with Crippen molar-refractivity contribution in [1.29, 1.82) is 0 Å². The zero-order valence-electron chi connectivity index (χ0n) is 11.7. The second kappa shape index (κ2) is 8.57. The minimum absolute atomic E-state index is 0.0202. The molecule has 0 spiro atoms. The average molecular weight is 294 g/mol. The summed E-state index contributed by atoms with van der Waals surface area (Å²) in [5, 5.41) is 13.9. The summed E-state index contributed by atoms with van der Waals surface area (Å²) in [5.41, 5.74) is 0.817. The van der Waals surface area contributed by atoms with Crippen molar-refractivity contribution in [1.82, 2.24) is 10.6 Å². The number of carboxylic acids is 1. The Morgan fingerprint density at radius 3 is 2.48 bits per heavy atom. The highest BCUT2D eigenvalue weighted by Gasteiger charge is 2.20. The van der Waals surface area contributed by atoms with Crippen LogP contribution in [0, 0.1) is 0 Å². The van der Waals surface area contributed by atoms with Crippen LogP contribution in [0.5, 0.6) is 0 Å². The van der Waals surface area contributed by atoms with E-state index >= 15 is 0 Å². The van der Waals surface area contributed by atoms with Crippen molar-refractivity contribution in [2.24, 2.45) is 0 Å². The van der Waals surface area contributed by atoms with E-state index in [0.29, 0.717) is 0 Å². The lowest BCUT2D eigenvalue weighted by atomic mass is 10.1. The number of methoxy groups -OCH3 is 1. The fraction of sp³-hybridized carbons (Fsp3) is 0.357. The standard InChI is InChI=1S/C14H18N2O5/c1-21-14(20)15-8-7-12(17)16-11(13(18)19)9-10-5-3-2-4-6-10/h2-6,11H,7-9H2,1H3,(H,15,20)(H,16,17)(H,18,19). The Hall–Kier alpha value is -2.57. The van der Waals surface area contributed by atoms with E-state index in [1.165, 1.54) is 7.11 Å². The topological polar surface area (TPSA) is 105 Å². The van der Waals surface area contributed by atoms with Crippen LogP contribution in [0.25, 0.3) is 0 Å². The van der Waals surface area contributed by atoms with E-state index in [-0.39, 0.29) is 19.4 Å². The van der Waals surface area contributed by atoms with Crippen molar-refractivity contribution in [2.75, 3.05) is 13.7 Å². The molecule has 0 radical (unpaired) electrons. The fourth-order valence-corrected chi connectivity index (χ4v) is 1.67. The van der Waals surface area contributed by atoms with E-state index < -0.39 is 24.0 Å². The molecule has 3 N–H and O–H groups in total. The zero-order chi connectivity index (χ0) is 15.7. The Kier molecular flexibility index (Phi) is 6.73. The van der Waals surface area contributed by atoms with Gasteiger partial charge in [-0.25, -0.2) is 9.59 Å². The summed E-state index contributed by atoms with van der Waals surface area (Å²) in [7, 11) is 1.22. The zero-order valence-corrected chi connectivity index (χ0v) is 11.7. The molecule has 0 aliphatic carbocycles. The van der Waals surface area contributed by atoms with Crippen LogP contribution in [0.4, 0.5) is 4.79 Å². The lowest BCUT2D eigenvalue weighted by Crippen LogP contribution is -2.43. The first kappa shape index (κ1) is 16.5. The molecule has 1 aromatic carbocycles. The van der Waals surface area contributed by atoms with Gasteiger partial charge in [0.2, 0.25) is 5.91 Å². The van der Waals surface area contributed by atoms with Gasteiger partial charge in [0, 0.05) is 19.4 Å². The van der Waals surface area contributed by atoms with Crippen LogP contribution in [-0.4, -0.2) is 42.8 Å². The number of nitrogens with one attached hydrogen (secondary N) is 2. The minimum Gasteiger partial charge on any atom is -0.480 e. The van der Waals surface area contributed by atoms with Crippen LogP contribution >= 0.6 is 0 Å². The lowest BCUT2D eigenvalue weighted by Gasteiger charge is -2.14. The quantitative estimate of drug-likeness (QED) is 0.681. The van der Waals surface area contributed by atoms with E-state index in [4.69, 9.17) is 5.11 Å². The molecule has 0 saturated carbocycles. The fourth-order valence-electron chi connectivity index (χ4n) is 1.67. The molecule has 7 nitrogen and oxygen atoms in total. The van der Waals surface area contributed by atoms with Crippen LogP contribution in [0.15, 0.2) is 30.3 Å². The highest BCUT2D eigenvalue weighted by Crippen LogP contribution is 2.03. The van der Waals surface area contributed by atoms with E-state index in [9.17, 15) is 14.4 Å². The number of alkyl carbamates (subject to hydrolysis) is 1. The number of carboxylic acid groups (broad SMARTS) is 1. The van der Waals surface area contributed by atoms with Gasteiger partial charge in [0.15, 0.2) is 0 Å². The Balaban J connectivity index is 2.45. The number of benzene rings is 1. The number of rotatable bonds is 7. The molecule has 0 saturated heterocycles. The number of aliphatic carboxylic acids is 1. The Morgan fingerprint density at radius 2 is 1.90 bits per heavy atom. The number of hydrogen-bond acceptors (Lipinski definition) is 4. The van der Waals surface area contributed by atoms with Gasteiger partial charge in [-0.15, -0.1) is 0 Å². The molecule has 0 fully saturated rings. The van der Waals surface area contributed by atoms with Gasteiger partial charge in [-0.05, 0) is 5.56 Å². The van der Waals surface area contributed by atoms with Crippen LogP contribution in [-0.2, 0) is 20.7 Å². The molecule has 21 heavy (non-hydrogen) atoms. The Bertz CT molecular complexity index is 489. The SMILES string of the molecule is COC(=O)NCCC(=O)NC(Cc1ccccc1)C(=O)O. The molecule has 114 valence electrons. The predicted molar refractivity (Wildman–Crippen MR) is 74.7 cm³/mol. The van der Waals surface area contributed by atoms with Crippen molar-refractivity contribution in [3.05, 3.63) is 35.9 Å². The van der Waals surface area contributed by atoms with Gasteiger partial charge in [0.05, 0.1) is 7.11 Å². The largest absolute Gasteiger partial charge is 0.480 e. The first-order valence-corrected chi connectivity index (χ1v) is 6.41. The minimum atomic E-state index is -1.10. The summed E-state index contributed by atoms with van der Waals surface area (Å²) in [4.78, 5) is 33.6. The van der Waals surface area contributed by atoms with Crippen molar-refractivity contribution in [3.63, 3.8) is 0 Å². The summed E-state index contributed by atoms with van der Waals surface area (Å²) in [6, 6.07) is 8.02. The summed E-state index contributed by atoms with van der Waals surface area (Å²) < 4.78 is 4.35. The third kappa shape index (κ3) is 6.42. The molecular weight excluding hydrogens is 276 g/mol. The van der Waals surface area contributed by atoms with Gasteiger partial charge >= 0.3 is 12.1 Å². The molecule has 1 rings (SSSR count). The van der Waals surface area contributed by atoms with Crippen LogP contribution in [0.2, 0.25) is 0 Å². The maximum absolute atomic E-state index is 11.7. The van der Waals surface area contributed by atoms with Gasteiger partial charge in [0.25, 0.3) is 0 Å². The maximum atomic E-state index is 11.7. The molecule has 0 aromatic heterocycles. The van der Waals surface area contributed by atoms with Crippen LogP contribution < -0.4 is 10.6 Å². The van der Waals surface area contributed by atoms with Gasteiger partial charge in [-0.1, -0.05) is 30.3 Å². The van der Waals surface area contributed by atoms with Gasteiger partial charge in [0.1, 0.15) is 6.04 Å².